The molecule has 3 N–H and O–H groups in total. The number of carbonyl (C=O) groups is 1. The van der Waals surface area contributed by atoms with Crippen LogP contribution < -0.4 is 11.1 Å². The van der Waals surface area contributed by atoms with Crippen LogP contribution in [0.15, 0.2) is 0 Å². The van der Waals surface area contributed by atoms with Crippen molar-refractivity contribution in [3.8, 4) is 0 Å². The standard InChI is InChI=1S/C7H15NO.C5H13N/c1-6(2)4-5-8-7(3)9;1-5(2)3-4-6/h6H,4-5H2,1-3H3,(H,8,9);5H,3-4,6H2,1-2H3. The third-order valence-electron chi connectivity index (χ3n) is 1.84. The molecule has 0 saturated heterocycles. The Morgan fingerprint density at radius 1 is 1.13 bits per heavy atom. The Morgan fingerprint density at radius 3 is 1.80 bits per heavy atom. The summed E-state index contributed by atoms with van der Waals surface area (Å²) >= 11 is 0. The van der Waals surface area contributed by atoms with E-state index < -0.39 is 0 Å². The second-order valence-electron chi connectivity index (χ2n) is 4.64. The van der Waals surface area contributed by atoms with Gasteiger partial charge in [-0.25, -0.2) is 0 Å². The maximum absolute atomic E-state index is 10.3. The number of nitrogens with two attached hydrogens (primary N) is 1. The quantitative estimate of drug-likeness (QED) is 0.740. The minimum Gasteiger partial charge on any atom is -0.356 e. The van der Waals surface area contributed by atoms with Crippen LogP contribution >= 0.6 is 0 Å². The summed E-state index contributed by atoms with van der Waals surface area (Å²) in [6, 6.07) is 0. The zero-order valence-electron chi connectivity index (χ0n) is 11.0. The van der Waals surface area contributed by atoms with E-state index in [1.54, 1.807) is 6.92 Å². The lowest BCUT2D eigenvalue weighted by molar-refractivity contribution is -0.118. The van der Waals surface area contributed by atoms with Gasteiger partial charge in [0.1, 0.15) is 0 Å². The van der Waals surface area contributed by atoms with E-state index in [1.165, 1.54) is 0 Å². The topological polar surface area (TPSA) is 55.1 Å². The molecule has 0 bridgehead atoms. The Balaban J connectivity index is 0. The van der Waals surface area contributed by atoms with Gasteiger partial charge in [0.2, 0.25) is 5.91 Å². The first-order valence-electron chi connectivity index (χ1n) is 5.84. The second kappa shape index (κ2) is 11.5. The van der Waals surface area contributed by atoms with Crippen LogP contribution in [0.25, 0.3) is 0 Å². The Kier molecular flexibility index (Phi) is 12.9. The smallest absolute Gasteiger partial charge is 0.216 e. The highest BCUT2D eigenvalue weighted by Gasteiger charge is 1.93. The highest BCUT2D eigenvalue weighted by atomic mass is 16.1. The second-order valence-corrected chi connectivity index (χ2v) is 4.64. The minimum atomic E-state index is 0.0654. The molecular weight excluding hydrogens is 188 g/mol. The summed E-state index contributed by atoms with van der Waals surface area (Å²) in [7, 11) is 0. The van der Waals surface area contributed by atoms with Crippen LogP contribution in [0.1, 0.15) is 47.5 Å². The fraction of sp³-hybridized carbons (Fsp3) is 0.917. The van der Waals surface area contributed by atoms with Crippen molar-refractivity contribution in [2.45, 2.75) is 47.5 Å². The molecule has 0 atom stereocenters. The summed E-state index contributed by atoms with van der Waals surface area (Å²) in [5.74, 6) is 1.52. The third kappa shape index (κ3) is 24.7. The predicted molar refractivity (Wildman–Crippen MR) is 66.6 cm³/mol. The lowest BCUT2D eigenvalue weighted by Crippen LogP contribution is -2.21. The lowest BCUT2D eigenvalue weighted by Gasteiger charge is -2.03. The van der Waals surface area contributed by atoms with Crippen LogP contribution in [0.2, 0.25) is 0 Å². The van der Waals surface area contributed by atoms with E-state index >= 15 is 0 Å². The van der Waals surface area contributed by atoms with Crippen molar-refractivity contribution in [3.63, 3.8) is 0 Å². The summed E-state index contributed by atoms with van der Waals surface area (Å²) in [5, 5.41) is 2.74. The molecule has 0 radical (unpaired) electrons. The Hall–Kier alpha value is -0.570. The lowest BCUT2D eigenvalue weighted by atomic mass is 10.1. The highest BCUT2D eigenvalue weighted by Crippen LogP contribution is 1.95. The normalized spacial score (nSPS) is 9.87. The van der Waals surface area contributed by atoms with Crippen LogP contribution in [0.5, 0.6) is 0 Å². The van der Waals surface area contributed by atoms with E-state index in [1.807, 2.05) is 0 Å². The molecule has 0 fully saturated rings. The Bertz CT molecular complexity index is 145. The van der Waals surface area contributed by atoms with Gasteiger partial charge in [0, 0.05) is 13.5 Å². The molecule has 0 aromatic carbocycles. The van der Waals surface area contributed by atoms with Crippen molar-refractivity contribution in [2.24, 2.45) is 17.6 Å². The first-order chi connectivity index (χ1) is 6.90. The van der Waals surface area contributed by atoms with Gasteiger partial charge in [0.05, 0.1) is 0 Å². The van der Waals surface area contributed by atoms with Crippen molar-refractivity contribution >= 4 is 5.91 Å². The Labute approximate surface area is 94.8 Å². The largest absolute Gasteiger partial charge is 0.356 e. The fourth-order valence-corrected chi connectivity index (χ4v) is 0.870. The maximum atomic E-state index is 10.3. The van der Waals surface area contributed by atoms with Crippen LogP contribution in [0, 0.1) is 11.8 Å². The van der Waals surface area contributed by atoms with Gasteiger partial charge in [0.25, 0.3) is 0 Å². The number of hydrogen-bond donors (Lipinski definition) is 2. The third-order valence-corrected chi connectivity index (χ3v) is 1.84. The molecule has 0 unspecified atom stereocenters. The number of hydrogen-bond acceptors (Lipinski definition) is 2. The first kappa shape index (κ1) is 16.8. The first-order valence-corrected chi connectivity index (χ1v) is 5.84. The van der Waals surface area contributed by atoms with Crippen LogP contribution in [-0.4, -0.2) is 19.0 Å². The molecule has 0 spiro atoms. The molecule has 0 rings (SSSR count). The predicted octanol–water partition coefficient (Wildman–Crippen LogP) is 2.16. The van der Waals surface area contributed by atoms with Gasteiger partial charge >= 0.3 is 0 Å². The summed E-state index contributed by atoms with van der Waals surface area (Å²) < 4.78 is 0. The average molecular weight is 216 g/mol. The summed E-state index contributed by atoms with van der Waals surface area (Å²) in [4.78, 5) is 10.3. The molecule has 0 heterocycles. The number of carbonyl (C=O) groups excluding carboxylic acids is 1. The average Bonchev–Trinajstić information content (AvgIpc) is 2.03. The summed E-state index contributed by atoms with van der Waals surface area (Å²) in [5.41, 5.74) is 5.23. The van der Waals surface area contributed by atoms with Gasteiger partial charge in [-0.2, -0.15) is 0 Å². The highest BCUT2D eigenvalue weighted by molar-refractivity contribution is 5.72. The maximum Gasteiger partial charge on any atom is 0.216 e. The minimum absolute atomic E-state index is 0.0654. The Morgan fingerprint density at radius 2 is 1.60 bits per heavy atom. The molecule has 1 amide bonds. The molecule has 0 aromatic rings. The van der Waals surface area contributed by atoms with Gasteiger partial charge < -0.3 is 11.1 Å². The van der Waals surface area contributed by atoms with Gasteiger partial charge in [-0.3, -0.25) is 4.79 Å². The number of nitrogens with one attached hydrogen (secondary N) is 1. The van der Waals surface area contributed by atoms with E-state index in [9.17, 15) is 4.79 Å². The molecule has 0 aromatic heterocycles. The zero-order chi connectivity index (χ0) is 12.3. The molecule has 0 saturated carbocycles. The van der Waals surface area contributed by atoms with Crippen molar-refractivity contribution in [2.75, 3.05) is 13.1 Å². The van der Waals surface area contributed by atoms with Crippen molar-refractivity contribution in [3.05, 3.63) is 0 Å². The van der Waals surface area contributed by atoms with Crippen LogP contribution in [0.4, 0.5) is 0 Å². The fourth-order valence-electron chi connectivity index (χ4n) is 0.870. The van der Waals surface area contributed by atoms with Crippen LogP contribution in [0.3, 0.4) is 0 Å². The molecule has 0 aliphatic carbocycles. The SMILES string of the molecule is CC(=O)NCCC(C)C.CC(C)CCN. The molecular formula is C12H28N2O. The van der Waals surface area contributed by atoms with E-state index in [4.69, 9.17) is 5.73 Å². The van der Waals surface area contributed by atoms with Gasteiger partial charge in [-0.15, -0.1) is 0 Å². The molecule has 92 valence electrons. The number of amides is 1. The molecule has 0 aliphatic rings. The van der Waals surface area contributed by atoms with E-state index in [-0.39, 0.29) is 5.91 Å². The number of rotatable bonds is 5. The monoisotopic (exact) mass is 216 g/mol. The van der Waals surface area contributed by atoms with Gasteiger partial charge in [-0.1, -0.05) is 27.7 Å². The van der Waals surface area contributed by atoms with E-state index in [0.29, 0.717) is 5.92 Å². The molecule has 0 aliphatic heterocycles. The van der Waals surface area contributed by atoms with Crippen LogP contribution in [-0.2, 0) is 4.79 Å². The molecule has 3 heteroatoms. The van der Waals surface area contributed by atoms with Crippen molar-refractivity contribution < 1.29 is 4.79 Å². The molecule has 3 nitrogen and oxygen atoms in total. The summed E-state index contributed by atoms with van der Waals surface area (Å²) in [6.07, 6.45) is 2.22. The van der Waals surface area contributed by atoms with Crippen molar-refractivity contribution in [1.82, 2.24) is 5.32 Å². The van der Waals surface area contributed by atoms with E-state index in [0.717, 1.165) is 31.8 Å². The van der Waals surface area contributed by atoms with E-state index in [2.05, 4.69) is 33.0 Å². The van der Waals surface area contributed by atoms with Crippen molar-refractivity contribution in [1.29, 1.82) is 0 Å². The molecule has 15 heavy (non-hydrogen) atoms. The van der Waals surface area contributed by atoms with Gasteiger partial charge in [0.15, 0.2) is 0 Å². The summed E-state index contributed by atoms with van der Waals surface area (Å²) in [6.45, 7) is 11.8. The van der Waals surface area contributed by atoms with Gasteiger partial charge in [-0.05, 0) is 31.2 Å². The zero-order valence-corrected chi connectivity index (χ0v) is 11.0.